The fourth-order valence-electron chi connectivity index (χ4n) is 3.96. The quantitative estimate of drug-likeness (QED) is 0.227. The molecule has 1 unspecified atom stereocenters. The molecule has 1 saturated heterocycles. The summed E-state index contributed by atoms with van der Waals surface area (Å²) in [5, 5.41) is 7.05. The lowest BCUT2D eigenvalue weighted by molar-refractivity contribution is 0.173. The molecule has 1 aliphatic heterocycles. The number of guanidine groups is 1. The third-order valence-corrected chi connectivity index (χ3v) is 5.39. The van der Waals surface area contributed by atoms with Crippen molar-refractivity contribution in [2.45, 2.75) is 58.7 Å². The maximum absolute atomic E-state index is 5.51. The van der Waals surface area contributed by atoms with Crippen LogP contribution in [0.15, 0.2) is 29.3 Å². The predicted octanol–water partition coefficient (Wildman–Crippen LogP) is 3.57. The number of anilines is 1. The van der Waals surface area contributed by atoms with E-state index in [1.165, 1.54) is 5.69 Å². The molecule has 1 heterocycles. The van der Waals surface area contributed by atoms with Crippen LogP contribution in [-0.2, 0) is 0 Å². The summed E-state index contributed by atoms with van der Waals surface area (Å²) >= 11 is 0. The smallest absolute Gasteiger partial charge is 0.191 e. The Bertz CT molecular complexity index is 615. The summed E-state index contributed by atoms with van der Waals surface area (Å²) in [7, 11) is 3.58. The second kappa shape index (κ2) is 13.2. The largest absolute Gasteiger partial charge is 0.495 e. The highest BCUT2D eigenvalue weighted by Gasteiger charge is 2.25. The molecule has 166 valence electrons. The average Bonchev–Trinajstić information content (AvgIpc) is 3.14. The Hall–Kier alpha value is -1.22. The lowest BCUT2D eigenvalue weighted by atomic mass is 10.2. The second-order valence-corrected chi connectivity index (χ2v) is 8.03. The van der Waals surface area contributed by atoms with Crippen molar-refractivity contribution >= 4 is 35.6 Å². The third kappa shape index (κ3) is 7.85. The van der Waals surface area contributed by atoms with Crippen molar-refractivity contribution in [3.8, 4) is 5.75 Å². The number of aliphatic imine (C=N–C) groups is 1. The van der Waals surface area contributed by atoms with Gasteiger partial charge in [0.1, 0.15) is 5.75 Å². The van der Waals surface area contributed by atoms with E-state index in [0.717, 1.165) is 50.7 Å². The monoisotopic (exact) mass is 517 g/mol. The van der Waals surface area contributed by atoms with Crippen LogP contribution >= 0.6 is 24.0 Å². The summed E-state index contributed by atoms with van der Waals surface area (Å²) in [5.41, 5.74) is 1.17. The minimum absolute atomic E-state index is 0. The molecule has 1 aromatic rings. The second-order valence-electron chi connectivity index (χ2n) is 8.03. The molecule has 6 nitrogen and oxygen atoms in total. The van der Waals surface area contributed by atoms with Gasteiger partial charge >= 0.3 is 0 Å². The van der Waals surface area contributed by atoms with Crippen LogP contribution in [0, 0.1) is 0 Å². The molecule has 1 aromatic carbocycles. The standard InChI is InChI=1S/C22H39N5O.HI/c1-17(2)27(18(3)4)14-9-13-24-22(23-5)25-19-12-15-26(16-19)20-10-7-8-11-21(20)28-6;/h7-8,10-11,17-19H,9,12-16H2,1-6H3,(H2,23,24,25);1H. The molecule has 0 aliphatic carbocycles. The maximum atomic E-state index is 5.51. The first kappa shape index (κ1) is 25.8. The van der Waals surface area contributed by atoms with Crippen molar-refractivity contribution in [2.24, 2.45) is 4.99 Å². The summed E-state index contributed by atoms with van der Waals surface area (Å²) in [5.74, 6) is 1.83. The van der Waals surface area contributed by atoms with E-state index in [1.807, 2.05) is 19.2 Å². The van der Waals surface area contributed by atoms with Gasteiger partial charge in [-0.05, 0) is 52.7 Å². The zero-order chi connectivity index (χ0) is 20.5. The van der Waals surface area contributed by atoms with Crippen molar-refractivity contribution in [1.29, 1.82) is 0 Å². The average molecular weight is 518 g/mol. The van der Waals surface area contributed by atoms with E-state index in [2.05, 4.69) is 65.3 Å². The van der Waals surface area contributed by atoms with Crippen molar-refractivity contribution in [3.63, 3.8) is 0 Å². The molecule has 0 aromatic heterocycles. The van der Waals surface area contributed by atoms with Gasteiger partial charge in [-0.1, -0.05) is 12.1 Å². The molecule has 0 spiro atoms. The van der Waals surface area contributed by atoms with Crippen LogP contribution < -0.4 is 20.3 Å². The number of rotatable bonds is 9. The first-order chi connectivity index (χ1) is 13.5. The number of halogens is 1. The Balaban J connectivity index is 0.00000420. The van der Waals surface area contributed by atoms with Gasteiger partial charge in [-0.25, -0.2) is 0 Å². The van der Waals surface area contributed by atoms with Gasteiger partial charge in [0.15, 0.2) is 5.96 Å². The molecule has 0 amide bonds. The highest BCUT2D eigenvalue weighted by Crippen LogP contribution is 2.30. The highest BCUT2D eigenvalue weighted by molar-refractivity contribution is 14.0. The van der Waals surface area contributed by atoms with Gasteiger partial charge in [0.05, 0.1) is 12.8 Å². The van der Waals surface area contributed by atoms with Gasteiger partial charge < -0.3 is 20.3 Å². The van der Waals surface area contributed by atoms with E-state index < -0.39 is 0 Å². The maximum Gasteiger partial charge on any atom is 0.191 e. The fourth-order valence-corrected chi connectivity index (χ4v) is 3.96. The molecule has 1 atom stereocenters. The molecule has 0 bridgehead atoms. The number of hydrogen-bond acceptors (Lipinski definition) is 4. The third-order valence-electron chi connectivity index (χ3n) is 5.39. The normalized spacial score (nSPS) is 17.1. The summed E-state index contributed by atoms with van der Waals surface area (Å²) in [6, 6.07) is 9.78. The van der Waals surface area contributed by atoms with Gasteiger partial charge in [0.2, 0.25) is 0 Å². The number of para-hydroxylation sites is 2. The predicted molar refractivity (Wildman–Crippen MR) is 135 cm³/mol. The van der Waals surface area contributed by atoms with E-state index in [0.29, 0.717) is 18.1 Å². The Labute approximate surface area is 194 Å². The van der Waals surface area contributed by atoms with E-state index in [9.17, 15) is 0 Å². The van der Waals surface area contributed by atoms with Crippen LogP contribution in [0.3, 0.4) is 0 Å². The SMILES string of the molecule is CN=C(NCCCN(C(C)C)C(C)C)NC1CCN(c2ccccc2OC)C1.I. The van der Waals surface area contributed by atoms with Gasteiger partial charge in [-0.2, -0.15) is 0 Å². The van der Waals surface area contributed by atoms with Gasteiger partial charge in [-0.3, -0.25) is 9.89 Å². The van der Waals surface area contributed by atoms with Crippen LogP contribution in [-0.4, -0.2) is 69.3 Å². The van der Waals surface area contributed by atoms with Crippen molar-refractivity contribution < 1.29 is 4.74 Å². The number of methoxy groups -OCH3 is 1. The fraction of sp³-hybridized carbons (Fsp3) is 0.682. The lowest BCUT2D eigenvalue weighted by Gasteiger charge is -2.30. The molecule has 7 heteroatoms. The van der Waals surface area contributed by atoms with Gasteiger partial charge in [0, 0.05) is 51.4 Å². The van der Waals surface area contributed by atoms with E-state index >= 15 is 0 Å². The van der Waals surface area contributed by atoms with Crippen LogP contribution in [0.4, 0.5) is 5.69 Å². The minimum atomic E-state index is 0. The molecule has 2 rings (SSSR count). The summed E-state index contributed by atoms with van der Waals surface area (Å²) in [6.07, 6.45) is 2.20. The molecule has 0 radical (unpaired) electrons. The molecular weight excluding hydrogens is 477 g/mol. The Kier molecular flexibility index (Phi) is 11.7. The summed E-state index contributed by atoms with van der Waals surface area (Å²) in [6.45, 7) is 13.1. The van der Waals surface area contributed by atoms with Crippen molar-refractivity contribution in [3.05, 3.63) is 24.3 Å². The summed E-state index contributed by atoms with van der Waals surface area (Å²) in [4.78, 5) is 9.32. The van der Waals surface area contributed by atoms with E-state index in [1.54, 1.807) is 7.11 Å². The number of nitrogens with zero attached hydrogens (tertiary/aromatic N) is 3. The van der Waals surface area contributed by atoms with Crippen LogP contribution in [0.25, 0.3) is 0 Å². The minimum Gasteiger partial charge on any atom is -0.495 e. The molecule has 1 fully saturated rings. The topological polar surface area (TPSA) is 52.1 Å². The molecule has 0 saturated carbocycles. The van der Waals surface area contributed by atoms with Crippen LogP contribution in [0.2, 0.25) is 0 Å². The van der Waals surface area contributed by atoms with Gasteiger partial charge in [-0.15, -0.1) is 24.0 Å². The van der Waals surface area contributed by atoms with Crippen molar-refractivity contribution in [2.75, 3.05) is 45.2 Å². The van der Waals surface area contributed by atoms with Crippen LogP contribution in [0.5, 0.6) is 5.75 Å². The Morgan fingerprint density at radius 2 is 1.93 bits per heavy atom. The lowest BCUT2D eigenvalue weighted by Crippen LogP contribution is -2.45. The number of benzene rings is 1. The van der Waals surface area contributed by atoms with Crippen LogP contribution in [0.1, 0.15) is 40.5 Å². The molecular formula is C22H40IN5O. The number of nitrogens with one attached hydrogen (secondary N) is 2. The Morgan fingerprint density at radius 1 is 1.24 bits per heavy atom. The highest BCUT2D eigenvalue weighted by atomic mass is 127. The zero-order valence-electron chi connectivity index (χ0n) is 18.9. The molecule has 2 N–H and O–H groups in total. The van der Waals surface area contributed by atoms with E-state index in [-0.39, 0.29) is 24.0 Å². The first-order valence-electron chi connectivity index (χ1n) is 10.6. The van der Waals surface area contributed by atoms with Gasteiger partial charge in [0.25, 0.3) is 0 Å². The molecule has 29 heavy (non-hydrogen) atoms. The van der Waals surface area contributed by atoms with Crippen molar-refractivity contribution in [1.82, 2.24) is 15.5 Å². The number of hydrogen-bond donors (Lipinski definition) is 2. The zero-order valence-corrected chi connectivity index (χ0v) is 21.3. The summed E-state index contributed by atoms with van der Waals surface area (Å²) < 4.78 is 5.51. The van der Waals surface area contributed by atoms with E-state index in [4.69, 9.17) is 4.74 Å². The molecule has 1 aliphatic rings. The Morgan fingerprint density at radius 3 is 2.55 bits per heavy atom. The number of ether oxygens (including phenoxy) is 1. The first-order valence-corrected chi connectivity index (χ1v) is 10.6.